The molecule has 2 aromatic carbocycles. The Morgan fingerprint density at radius 1 is 1.02 bits per heavy atom. The van der Waals surface area contributed by atoms with Gasteiger partial charge in [-0.3, -0.25) is 19.1 Å². The zero-order chi connectivity index (χ0) is 29.2. The Kier molecular flexibility index (Phi) is 7.83. The molecule has 4 heterocycles. The summed E-state index contributed by atoms with van der Waals surface area (Å²) in [5, 5.41) is 0. The number of carbonyl (C=O) groups is 1. The van der Waals surface area contributed by atoms with Crippen molar-refractivity contribution in [1.29, 1.82) is 0 Å². The number of hydrogen-bond acceptors (Lipinski definition) is 9. The largest absolute Gasteiger partial charge is 0.463 e. The van der Waals surface area contributed by atoms with Gasteiger partial charge in [0.2, 0.25) is 5.95 Å². The van der Waals surface area contributed by atoms with Gasteiger partial charge in [0, 0.05) is 31.1 Å². The third kappa shape index (κ3) is 5.31. The van der Waals surface area contributed by atoms with Gasteiger partial charge in [0.1, 0.15) is 30.8 Å². The Bertz CT molecular complexity index is 1630. The van der Waals surface area contributed by atoms with Crippen molar-refractivity contribution in [1.82, 2.24) is 24.4 Å². The average Bonchev–Trinajstić information content (AvgIpc) is 3.71. The highest BCUT2D eigenvalue weighted by Crippen LogP contribution is 2.44. The predicted octanol–water partition coefficient (Wildman–Crippen LogP) is 3.48. The zero-order valence-electron chi connectivity index (χ0n) is 23.5. The van der Waals surface area contributed by atoms with Crippen molar-refractivity contribution in [3.05, 3.63) is 88.5 Å². The van der Waals surface area contributed by atoms with Crippen molar-refractivity contribution < 1.29 is 23.7 Å². The molecule has 218 valence electrons. The number of nitrogens with zero attached hydrogens (tertiary/aromatic N) is 5. The minimum absolute atomic E-state index is 0.0155. The van der Waals surface area contributed by atoms with E-state index in [2.05, 4.69) is 14.9 Å². The predicted molar refractivity (Wildman–Crippen MR) is 153 cm³/mol. The van der Waals surface area contributed by atoms with Gasteiger partial charge < -0.3 is 23.8 Å². The highest BCUT2D eigenvalue weighted by Gasteiger charge is 2.54. The normalized spacial score (nSPS) is 23.7. The van der Waals surface area contributed by atoms with E-state index in [-0.39, 0.29) is 23.7 Å². The van der Waals surface area contributed by atoms with Gasteiger partial charge >= 0.3 is 5.97 Å². The quantitative estimate of drug-likeness (QED) is 0.191. The summed E-state index contributed by atoms with van der Waals surface area (Å²) in [4.78, 5) is 43.4. The number of aromatic amines is 1. The second kappa shape index (κ2) is 11.8. The van der Waals surface area contributed by atoms with Crippen LogP contribution in [0.25, 0.3) is 11.2 Å². The first-order valence-electron chi connectivity index (χ1n) is 14.0. The molecule has 0 aliphatic carbocycles. The number of esters is 1. The van der Waals surface area contributed by atoms with Crippen LogP contribution in [-0.2, 0) is 23.7 Å². The number of H-pyrrole nitrogens is 1. The minimum Gasteiger partial charge on any atom is -0.463 e. The summed E-state index contributed by atoms with van der Waals surface area (Å²) in [6.45, 7) is 6.85. The second-order valence-corrected chi connectivity index (χ2v) is 10.00. The zero-order valence-corrected chi connectivity index (χ0v) is 23.5. The van der Waals surface area contributed by atoms with Crippen LogP contribution in [0.2, 0.25) is 0 Å². The number of rotatable bonds is 8. The molecule has 0 amide bonds. The molecule has 12 nitrogen and oxygen atoms in total. The number of fused-ring (bicyclic) bond motifs is 2. The summed E-state index contributed by atoms with van der Waals surface area (Å²) in [7, 11) is 0. The van der Waals surface area contributed by atoms with E-state index in [1.54, 1.807) is 4.57 Å². The molecule has 5 atom stereocenters. The van der Waals surface area contributed by atoms with Crippen LogP contribution in [0.1, 0.15) is 44.4 Å². The van der Waals surface area contributed by atoms with Crippen LogP contribution in [0, 0.1) is 0 Å². The summed E-state index contributed by atoms with van der Waals surface area (Å²) < 4.78 is 25.9. The van der Waals surface area contributed by atoms with Gasteiger partial charge in [0.05, 0.1) is 6.33 Å². The first-order chi connectivity index (χ1) is 20.5. The lowest BCUT2D eigenvalue weighted by Gasteiger charge is -2.23. The average molecular weight is 573 g/mol. The Morgan fingerprint density at radius 2 is 1.71 bits per heavy atom. The topological polar surface area (TPSA) is 133 Å². The third-order valence-corrected chi connectivity index (χ3v) is 7.37. The van der Waals surface area contributed by atoms with Crippen LogP contribution in [0.15, 0.2) is 76.8 Å². The highest BCUT2D eigenvalue weighted by molar-refractivity contribution is 6.00. The number of aliphatic imine (C=N–C) groups is 1. The molecule has 0 saturated carbocycles. The number of aromatic nitrogens is 4. The van der Waals surface area contributed by atoms with Crippen LogP contribution in [-0.4, -0.2) is 74.2 Å². The van der Waals surface area contributed by atoms with E-state index >= 15 is 0 Å². The molecular weight excluding hydrogens is 540 g/mol. The summed E-state index contributed by atoms with van der Waals surface area (Å²) in [5.74, 6) is 0.395. The molecule has 2 aromatic heterocycles. The van der Waals surface area contributed by atoms with Crippen LogP contribution >= 0.6 is 0 Å². The number of amidine groups is 1. The lowest BCUT2D eigenvalue weighted by Crippen LogP contribution is -2.32. The Hall–Kier alpha value is -4.39. The maximum atomic E-state index is 13.2. The minimum atomic E-state index is -0.753. The van der Waals surface area contributed by atoms with E-state index in [1.807, 2.05) is 74.5 Å². The fourth-order valence-corrected chi connectivity index (χ4v) is 5.34. The van der Waals surface area contributed by atoms with Gasteiger partial charge in [0.15, 0.2) is 23.7 Å². The van der Waals surface area contributed by atoms with E-state index in [4.69, 9.17) is 28.9 Å². The lowest BCUT2D eigenvalue weighted by molar-refractivity contribution is -0.165. The molecule has 12 heteroatoms. The van der Waals surface area contributed by atoms with E-state index in [9.17, 15) is 9.59 Å². The molecule has 0 bridgehead atoms. The van der Waals surface area contributed by atoms with Gasteiger partial charge in [-0.15, -0.1) is 0 Å². The number of carbonyl (C=O) groups excluding carboxylic acids is 1. The molecular formula is C30H32N6O6. The molecule has 2 fully saturated rings. The number of imidazole rings is 1. The maximum absolute atomic E-state index is 13.2. The standard InChI is InChI=1S/C30H32N6O6/c1-4-35(5-2)25(19-12-8-6-9-13-19)32-30-33-26-22(27(38)34-30)31-17-36(26)28-24-23(21(40-28)16-39-18(3)37)41-29(42-24)20-14-10-7-11-15-20/h6-15,17,21,23-24,28-29H,4-5,16H2,1-3H3,(H,33,34,38)/b32-25+/t21-,23-,24-,28-,29?/m1/s1. The Balaban J connectivity index is 1.39. The molecule has 2 aliphatic rings. The van der Waals surface area contributed by atoms with E-state index in [0.29, 0.717) is 5.84 Å². The van der Waals surface area contributed by atoms with Crippen LogP contribution in [0.4, 0.5) is 5.95 Å². The Morgan fingerprint density at radius 3 is 2.40 bits per heavy atom. The Labute approximate surface area is 241 Å². The number of nitrogens with one attached hydrogen (secondary N) is 1. The maximum Gasteiger partial charge on any atom is 0.302 e. The van der Waals surface area contributed by atoms with Crippen molar-refractivity contribution in [2.45, 2.75) is 51.6 Å². The SMILES string of the molecule is CCN(CC)/C(=N/c1nc2c(ncn2[C@@H]2O[C@H](COC(C)=O)[C@H]3OC(c4ccccc4)O[C@H]32)c(=O)[nH]1)c1ccccc1. The van der Waals surface area contributed by atoms with Crippen molar-refractivity contribution in [3.63, 3.8) is 0 Å². The molecule has 1 N–H and O–H groups in total. The number of ether oxygens (including phenoxy) is 4. The molecule has 0 radical (unpaired) electrons. The van der Waals surface area contributed by atoms with E-state index in [1.165, 1.54) is 13.3 Å². The van der Waals surface area contributed by atoms with Gasteiger partial charge in [-0.25, -0.2) is 4.98 Å². The summed E-state index contributed by atoms with van der Waals surface area (Å²) in [6, 6.07) is 19.3. The summed E-state index contributed by atoms with van der Waals surface area (Å²) in [6.07, 6.45) is -1.63. The third-order valence-electron chi connectivity index (χ3n) is 7.37. The van der Waals surface area contributed by atoms with Gasteiger partial charge in [0.25, 0.3) is 5.56 Å². The van der Waals surface area contributed by atoms with Crippen molar-refractivity contribution in [2.75, 3.05) is 19.7 Å². The van der Waals surface area contributed by atoms with Crippen molar-refractivity contribution in [2.24, 2.45) is 4.99 Å². The van der Waals surface area contributed by atoms with E-state index in [0.717, 1.165) is 24.2 Å². The lowest BCUT2D eigenvalue weighted by atomic mass is 10.1. The first-order valence-corrected chi connectivity index (χ1v) is 14.0. The fourth-order valence-electron chi connectivity index (χ4n) is 5.34. The molecule has 4 aromatic rings. The van der Waals surface area contributed by atoms with Gasteiger partial charge in [-0.05, 0) is 13.8 Å². The van der Waals surface area contributed by atoms with Crippen LogP contribution < -0.4 is 5.56 Å². The van der Waals surface area contributed by atoms with Crippen LogP contribution in [0.5, 0.6) is 0 Å². The highest BCUT2D eigenvalue weighted by atomic mass is 16.8. The summed E-state index contributed by atoms with van der Waals surface area (Å²) in [5.41, 5.74) is 1.74. The van der Waals surface area contributed by atoms with Crippen molar-refractivity contribution in [3.8, 4) is 0 Å². The van der Waals surface area contributed by atoms with Crippen molar-refractivity contribution >= 4 is 28.9 Å². The van der Waals surface area contributed by atoms with Gasteiger partial charge in [-0.2, -0.15) is 9.98 Å². The molecule has 42 heavy (non-hydrogen) atoms. The molecule has 2 aliphatic heterocycles. The number of benzene rings is 2. The summed E-state index contributed by atoms with van der Waals surface area (Å²) >= 11 is 0. The van der Waals surface area contributed by atoms with Gasteiger partial charge in [-0.1, -0.05) is 60.7 Å². The first kappa shape index (κ1) is 27.8. The van der Waals surface area contributed by atoms with E-state index < -0.39 is 42.4 Å². The molecule has 1 unspecified atom stereocenters. The molecule has 2 saturated heterocycles. The smallest absolute Gasteiger partial charge is 0.302 e. The van der Waals surface area contributed by atoms with Crippen LogP contribution in [0.3, 0.4) is 0 Å². The fraction of sp³-hybridized carbons (Fsp3) is 0.367. The monoisotopic (exact) mass is 572 g/mol. The molecule has 6 rings (SSSR count). The second-order valence-electron chi connectivity index (χ2n) is 10.00. The number of hydrogen-bond donors (Lipinski definition) is 1. The molecule has 0 spiro atoms.